The summed E-state index contributed by atoms with van der Waals surface area (Å²) < 4.78 is 0. The van der Waals surface area contributed by atoms with Crippen LogP contribution in [0.5, 0.6) is 0 Å². The third-order valence-corrected chi connectivity index (χ3v) is 2.45. The van der Waals surface area contributed by atoms with Crippen LogP contribution in [-0.2, 0) is 11.3 Å². The number of carbonyl (C=O) groups is 2. The summed E-state index contributed by atoms with van der Waals surface area (Å²) in [6.45, 7) is 0.771. The van der Waals surface area contributed by atoms with E-state index in [2.05, 4.69) is 5.32 Å². The highest BCUT2D eigenvalue weighted by atomic mass is 16.4. The van der Waals surface area contributed by atoms with Gasteiger partial charge < -0.3 is 10.4 Å². The van der Waals surface area contributed by atoms with Gasteiger partial charge in [-0.25, -0.2) is 0 Å². The zero-order valence-corrected chi connectivity index (χ0v) is 9.90. The smallest absolute Gasteiger partial charge is 0.303 e. The van der Waals surface area contributed by atoms with Crippen molar-refractivity contribution in [2.75, 3.05) is 7.05 Å². The number of carboxylic acids is 1. The van der Waals surface area contributed by atoms with Crippen LogP contribution >= 0.6 is 0 Å². The molecule has 4 heteroatoms. The maximum absolute atomic E-state index is 11.7. The van der Waals surface area contributed by atoms with Gasteiger partial charge in [0.15, 0.2) is 5.78 Å². The van der Waals surface area contributed by atoms with Crippen molar-refractivity contribution in [3.05, 3.63) is 35.4 Å². The maximum Gasteiger partial charge on any atom is 0.303 e. The zero-order valence-electron chi connectivity index (χ0n) is 9.90. The Morgan fingerprint density at radius 3 is 2.35 bits per heavy atom. The first-order chi connectivity index (χ1) is 8.13. The topological polar surface area (TPSA) is 66.4 Å². The van der Waals surface area contributed by atoms with Crippen LogP contribution in [0.2, 0.25) is 0 Å². The Kier molecular flexibility index (Phi) is 5.36. The summed E-state index contributed by atoms with van der Waals surface area (Å²) in [5, 5.41) is 11.5. The monoisotopic (exact) mass is 235 g/mol. The van der Waals surface area contributed by atoms with E-state index in [1.54, 1.807) is 12.1 Å². The van der Waals surface area contributed by atoms with Gasteiger partial charge in [-0.15, -0.1) is 0 Å². The summed E-state index contributed by atoms with van der Waals surface area (Å²) in [5.74, 6) is -0.857. The van der Waals surface area contributed by atoms with Crippen molar-refractivity contribution in [3.63, 3.8) is 0 Å². The van der Waals surface area contributed by atoms with Crippen LogP contribution in [0.15, 0.2) is 24.3 Å². The average Bonchev–Trinajstić information content (AvgIpc) is 2.30. The van der Waals surface area contributed by atoms with E-state index in [1.807, 2.05) is 19.2 Å². The van der Waals surface area contributed by atoms with Gasteiger partial charge in [0.25, 0.3) is 0 Å². The van der Waals surface area contributed by atoms with Crippen LogP contribution in [0.25, 0.3) is 0 Å². The molecule has 0 spiro atoms. The van der Waals surface area contributed by atoms with E-state index in [0.717, 1.165) is 12.1 Å². The molecule has 92 valence electrons. The predicted molar refractivity (Wildman–Crippen MR) is 65.0 cm³/mol. The van der Waals surface area contributed by atoms with Crippen LogP contribution in [0.1, 0.15) is 35.2 Å². The summed E-state index contributed by atoms with van der Waals surface area (Å²) in [6, 6.07) is 7.38. The fourth-order valence-electron chi connectivity index (χ4n) is 1.56. The number of carboxylic acid groups (broad SMARTS) is 1. The summed E-state index contributed by atoms with van der Waals surface area (Å²) in [4.78, 5) is 22.0. The molecule has 0 amide bonds. The molecule has 2 N–H and O–H groups in total. The molecule has 0 aliphatic rings. The summed E-state index contributed by atoms with van der Waals surface area (Å²) >= 11 is 0. The van der Waals surface area contributed by atoms with Gasteiger partial charge in [0.2, 0.25) is 0 Å². The standard InChI is InChI=1S/C13H17NO3/c1-14-9-10-5-7-11(8-6-10)12(15)3-2-4-13(16)17/h5-8,14H,2-4,9H2,1H3,(H,16,17). The van der Waals surface area contributed by atoms with E-state index in [-0.39, 0.29) is 18.6 Å². The average molecular weight is 235 g/mol. The highest BCUT2D eigenvalue weighted by molar-refractivity contribution is 5.96. The van der Waals surface area contributed by atoms with Crippen molar-refractivity contribution in [2.24, 2.45) is 0 Å². The minimum Gasteiger partial charge on any atom is -0.481 e. The molecule has 0 saturated heterocycles. The minimum atomic E-state index is -0.859. The SMILES string of the molecule is CNCc1ccc(C(=O)CCCC(=O)O)cc1. The van der Waals surface area contributed by atoms with Crippen molar-refractivity contribution in [2.45, 2.75) is 25.8 Å². The van der Waals surface area contributed by atoms with Crippen molar-refractivity contribution in [3.8, 4) is 0 Å². The van der Waals surface area contributed by atoms with E-state index < -0.39 is 5.97 Å². The molecule has 17 heavy (non-hydrogen) atoms. The molecule has 0 aromatic heterocycles. The molecule has 0 aliphatic heterocycles. The number of rotatable bonds is 7. The Hall–Kier alpha value is -1.68. The molecule has 0 atom stereocenters. The molecule has 1 rings (SSSR count). The van der Waals surface area contributed by atoms with Gasteiger partial charge in [0.1, 0.15) is 0 Å². The van der Waals surface area contributed by atoms with Crippen LogP contribution in [0, 0.1) is 0 Å². The molecule has 4 nitrogen and oxygen atoms in total. The number of nitrogens with one attached hydrogen (secondary N) is 1. The van der Waals surface area contributed by atoms with Crippen LogP contribution in [0.3, 0.4) is 0 Å². The second-order valence-electron chi connectivity index (χ2n) is 3.90. The molecule has 0 heterocycles. The molecular weight excluding hydrogens is 218 g/mol. The molecule has 1 aromatic carbocycles. The fourth-order valence-corrected chi connectivity index (χ4v) is 1.56. The summed E-state index contributed by atoms with van der Waals surface area (Å²) in [5.41, 5.74) is 1.77. The number of hydrogen-bond acceptors (Lipinski definition) is 3. The molecule has 0 radical (unpaired) electrons. The first-order valence-corrected chi connectivity index (χ1v) is 5.62. The van der Waals surface area contributed by atoms with Crippen LogP contribution < -0.4 is 5.32 Å². The van der Waals surface area contributed by atoms with Gasteiger partial charge in [0.05, 0.1) is 0 Å². The Bertz CT molecular complexity index is 384. The first-order valence-electron chi connectivity index (χ1n) is 5.62. The molecule has 0 fully saturated rings. The molecule has 0 aliphatic carbocycles. The largest absolute Gasteiger partial charge is 0.481 e. The van der Waals surface area contributed by atoms with Crippen molar-refractivity contribution in [1.82, 2.24) is 5.32 Å². The Labute approximate surface area is 101 Å². The molecule has 1 aromatic rings. The molecule has 0 unspecified atom stereocenters. The van der Waals surface area contributed by atoms with Gasteiger partial charge in [0, 0.05) is 24.9 Å². The van der Waals surface area contributed by atoms with Crippen molar-refractivity contribution >= 4 is 11.8 Å². The van der Waals surface area contributed by atoms with E-state index in [1.165, 1.54) is 0 Å². The quantitative estimate of drug-likeness (QED) is 0.708. The van der Waals surface area contributed by atoms with Crippen LogP contribution in [-0.4, -0.2) is 23.9 Å². The predicted octanol–water partition coefficient (Wildman–Crippen LogP) is 1.84. The lowest BCUT2D eigenvalue weighted by molar-refractivity contribution is -0.137. The maximum atomic E-state index is 11.7. The van der Waals surface area contributed by atoms with E-state index in [9.17, 15) is 9.59 Å². The van der Waals surface area contributed by atoms with Crippen LogP contribution in [0.4, 0.5) is 0 Å². The number of aliphatic carboxylic acids is 1. The highest BCUT2D eigenvalue weighted by Gasteiger charge is 2.06. The van der Waals surface area contributed by atoms with Gasteiger partial charge in [-0.2, -0.15) is 0 Å². The Morgan fingerprint density at radius 1 is 1.18 bits per heavy atom. The molecular formula is C13H17NO3. The zero-order chi connectivity index (χ0) is 12.7. The second-order valence-corrected chi connectivity index (χ2v) is 3.90. The lowest BCUT2D eigenvalue weighted by atomic mass is 10.0. The number of benzene rings is 1. The number of ketones is 1. The third-order valence-electron chi connectivity index (χ3n) is 2.45. The van der Waals surface area contributed by atoms with Gasteiger partial charge in [-0.3, -0.25) is 9.59 Å². The third kappa shape index (κ3) is 4.78. The Morgan fingerprint density at radius 2 is 1.82 bits per heavy atom. The Balaban J connectivity index is 2.48. The summed E-state index contributed by atoms with van der Waals surface area (Å²) in [7, 11) is 1.87. The van der Waals surface area contributed by atoms with E-state index in [4.69, 9.17) is 5.11 Å². The lowest BCUT2D eigenvalue weighted by Crippen LogP contribution is -2.06. The van der Waals surface area contributed by atoms with Gasteiger partial charge in [-0.05, 0) is 19.0 Å². The first kappa shape index (κ1) is 13.4. The number of Topliss-reactive ketones (excluding diaryl/α,β-unsaturated/α-hetero) is 1. The number of carbonyl (C=O) groups excluding carboxylic acids is 1. The van der Waals surface area contributed by atoms with Gasteiger partial charge in [-0.1, -0.05) is 24.3 Å². The molecule has 0 saturated carbocycles. The molecule has 0 bridgehead atoms. The summed E-state index contributed by atoms with van der Waals surface area (Å²) in [6.07, 6.45) is 0.730. The lowest BCUT2D eigenvalue weighted by Gasteiger charge is -2.03. The van der Waals surface area contributed by atoms with Gasteiger partial charge >= 0.3 is 5.97 Å². The second kappa shape index (κ2) is 6.81. The van der Waals surface area contributed by atoms with E-state index in [0.29, 0.717) is 12.0 Å². The normalized spacial score (nSPS) is 10.2. The van der Waals surface area contributed by atoms with Crippen molar-refractivity contribution < 1.29 is 14.7 Å². The highest BCUT2D eigenvalue weighted by Crippen LogP contribution is 2.09. The fraction of sp³-hybridized carbons (Fsp3) is 0.385. The van der Waals surface area contributed by atoms with Crippen molar-refractivity contribution in [1.29, 1.82) is 0 Å². The minimum absolute atomic E-state index is 0.00209. The number of hydrogen-bond donors (Lipinski definition) is 2. The van der Waals surface area contributed by atoms with E-state index >= 15 is 0 Å².